The van der Waals surface area contributed by atoms with E-state index in [4.69, 9.17) is 9.97 Å². The number of hydrogen-bond donors (Lipinski definition) is 2. The predicted molar refractivity (Wildman–Crippen MR) is 158 cm³/mol. The van der Waals surface area contributed by atoms with Crippen LogP contribution in [0, 0.1) is 0 Å². The summed E-state index contributed by atoms with van der Waals surface area (Å²) in [4.78, 5) is 38.1. The predicted octanol–water partition coefficient (Wildman–Crippen LogP) is 5.28. The molecule has 2 heterocycles. The smallest absolute Gasteiger partial charge is 0.308 e. The number of hydrogen-bond acceptors (Lipinski definition) is 6. The van der Waals surface area contributed by atoms with Crippen molar-refractivity contribution < 1.29 is 14.7 Å². The van der Waals surface area contributed by atoms with Gasteiger partial charge >= 0.3 is 5.97 Å². The van der Waals surface area contributed by atoms with Crippen LogP contribution in [0.1, 0.15) is 40.2 Å². The largest absolute Gasteiger partial charge is 0.481 e. The standard InChI is InChI=1S/C32H33N5O3/c1-36(2)30-27(21-29(38)39)31(37-18-6-7-19-37)35-28(34-30)20-22-10-16-26(17-11-22)33-32(40)25-14-12-24(13-15-25)23-8-4-3-5-9-23/h3-5,8-17H,6-7,18-21H2,1-2H3,(H,33,40)(H,38,39). The van der Waals surface area contributed by atoms with Crippen molar-refractivity contribution in [3.05, 3.63) is 101 Å². The Morgan fingerprint density at radius 3 is 2.15 bits per heavy atom. The van der Waals surface area contributed by atoms with Gasteiger partial charge in [-0.3, -0.25) is 9.59 Å². The number of aromatic nitrogens is 2. The molecule has 3 aromatic carbocycles. The molecule has 0 radical (unpaired) electrons. The molecule has 1 aliphatic heterocycles. The summed E-state index contributed by atoms with van der Waals surface area (Å²) in [5, 5.41) is 12.5. The zero-order valence-electron chi connectivity index (χ0n) is 22.8. The number of carboxylic acid groups (broad SMARTS) is 1. The number of carbonyl (C=O) groups is 2. The minimum atomic E-state index is -0.898. The van der Waals surface area contributed by atoms with E-state index in [0.717, 1.165) is 48.4 Å². The van der Waals surface area contributed by atoms with Gasteiger partial charge in [0.05, 0.1) is 6.42 Å². The van der Waals surface area contributed by atoms with Crippen molar-refractivity contribution in [3.8, 4) is 11.1 Å². The average Bonchev–Trinajstić information content (AvgIpc) is 3.50. The number of aliphatic carboxylic acids is 1. The zero-order valence-corrected chi connectivity index (χ0v) is 22.8. The molecule has 40 heavy (non-hydrogen) atoms. The van der Waals surface area contributed by atoms with Crippen LogP contribution in [-0.4, -0.2) is 54.1 Å². The molecule has 0 spiro atoms. The fraction of sp³-hybridized carbons (Fsp3) is 0.250. The first-order valence-electron chi connectivity index (χ1n) is 13.5. The number of carbonyl (C=O) groups excluding carboxylic acids is 1. The minimum Gasteiger partial charge on any atom is -0.481 e. The number of rotatable bonds is 9. The van der Waals surface area contributed by atoms with E-state index in [0.29, 0.717) is 34.9 Å². The number of amides is 1. The third-order valence-electron chi connectivity index (χ3n) is 7.00. The summed E-state index contributed by atoms with van der Waals surface area (Å²) in [7, 11) is 3.75. The quantitative estimate of drug-likeness (QED) is 0.301. The number of nitrogens with one attached hydrogen (secondary N) is 1. The first kappa shape index (κ1) is 26.9. The Hall–Kier alpha value is -4.72. The Kier molecular flexibility index (Phi) is 8.05. The first-order chi connectivity index (χ1) is 19.4. The SMILES string of the molecule is CN(C)c1nc(Cc2ccc(NC(=O)c3ccc(-c4ccccc4)cc3)cc2)nc(N2CCCC2)c1CC(=O)O. The molecule has 8 heteroatoms. The number of anilines is 3. The van der Waals surface area contributed by atoms with Gasteiger partial charge in [0, 0.05) is 50.4 Å². The normalized spacial score (nSPS) is 12.8. The lowest BCUT2D eigenvalue weighted by Crippen LogP contribution is -2.26. The zero-order chi connectivity index (χ0) is 28.1. The molecule has 204 valence electrons. The Labute approximate surface area is 234 Å². The van der Waals surface area contributed by atoms with Crippen LogP contribution >= 0.6 is 0 Å². The molecule has 0 unspecified atom stereocenters. The molecular weight excluding hydrogens is 502 g/mol. The van der Waals surface area contributed by atoms with Crippen LogP contribution < -0.4 is 15.1 Å². The molecule has 1 fully saturated rings. The van der Waals surface area contributed by atoms with Crippen LogP contribution in [-0.2, 0) is 17.6 Å². The van der Waals surface area contributed by atoms with E-state index >= 15 is 0 Å². The fourth-order valence-electron chi connectivity index (χ4n) is 4.99. The van der Waals surface area contributed by atoms with E-state index < -0.39 is 5.97 Å². The number of benzene rings is 3. The third kappa shape index (κ3) is 6.29. The van der Waals surface area contributed by atoms with Crippen molar-refractivity contribution in [2.75, 3.05) is 42.3 Å². The maximum absolute atomic E-state index is 12.8. The van der Waals surface area contributed by atoms with Crippen molar-refractivity contribution in [2.45, 2.75) is 25.7 Å². The summed E-state index contributed by atoms with van der Waals surface area (Å²) in [5.41, 5.74) is 5.10. The molecule has 0 aliphatic carbocycles. The second-order valence-electron chi connectivity index (χ2n) is 10.2. The van der Waals surface area contributed by atoms with Crippen molar-refractivity contribution in [1.29, 1.82) is 0 Å². The molecule has 4 aromatic rings. The molecule has 8 nitrogen and oxygen atoms in total. The lowest BCUT2D eigenvalue weighted by molar-refractivity contribution is -0.136. The van der Waals surface area contributed by atoms with Crippen LogP contribution in [0.3, 0.4) is 0 Å². The van der Waals surface area contributed by atoms with Crippen LogP contribution in [0.4, 0.5) is 17.3 Å². The molecule has 1 aromatic heterocycles. The highest BCUT2D eigenvalue weighted by molar-refractivity contribution is 6.04. The summed E-state index contributed by atoms with van der Waals surface area (Å²) in [6, 6.07) is 25.3. The summed E-state index contributed by atoms with van der Waals surface area (Å²) in [6.45, 7) is 1.72. The molecule has 0 bridgehead atoms. The van der Waals surface area contributed by atoms with Gasteiger partial charge in [-0.2, -0.15) is 0 Å². The molecule has 0 saturated carbocycles. The lowest BCUT2D eigenvalue weighted by Gasteiger charge is -2.24. The van der Waals surface area contributed by atoms with Gasteiger partial charge in [0.15, 0.2) is 0 Å². The summed E-state index contributed by atoms with van der Waals surface area (Å²) in [5.74, 6) is 0.919. The number of nitrogens with zero attached hydrogens (tertiary/aromatic N) is 4. The molecule has 5 rings (SSSR count). The second kappa shape index (κ2) is 12.0. The highest BCUT2D eigenvalue weighted by Crippen LogP contribution is 2.30. The Morgan fingerprint density at radius 2 is 1.52 bits per heavy atom. The highest BCUT2D eigenvalue weighted by atomic mass is 16.4. The molecular formula is C32H33N5O3. The van der Waals surface area contributed by atoms with Crippen molar-refractivity contribution in [3.63, 3.8) is 0 Å². The lowest BCUT2D eigenvalue weighted by atomic mass is 10.0. The van der Waals surface area contributed by atoms with Crippen molar-refractivity contribution >= 4 is 29.2 Å². The maximum atomic E-state index is 12.8. The fourth-order valence-corrected chi connectivity index (χ4v) is 4.99. The average molecular weight is 536 g/mol. The molecule has 1 saturated heterocycles. The van der Waals surface area contributed by atoms with Crippen LogP contribution in [0.2, 0.25) is 0 Å². The van der Waals surface area contributed by atoms with Gasteiger partial charge in [-0.1, -0.05) is 54.6 Å². The van der Waals surface area contributed by atoms with Crippen molar-refractivity contribution in [1.82, 2.24) is 9.97 Å². The van der Waals surface area contributed by atoms with Crippen LogP contribution in [0.15, 0.2) is 78.9 Å². The van der Waals surface area contributed by atoms with E-state index in [1.165, 1.54) is 0 Å². The van der Waals surface area contributed by atoms with Gasteiger partial charge in [0.2, 0.25) is 0 Å². The van der Waals surface area contributed by atoms with Gasteiger partial charge in [-0.25, -0.2) is 9.97 Å². The maximum Gasteiger partial charge on any atom is 0.308 e. The van der Waals surface area contributed by atoms with E-state index in [9.17, 15) is 14.7 Å². The van der Waals surface area contributed by atoms with E-state index in [-0.39, 0.29) is 12.3 Å². The van der Waals surface area contributed by atoms with Crippen molar-refractivity contribution in [2.24, 2.45) is 0 Å². The molecule has 0 atom stereocenters. The van der Waals surface area contributed by atoms with Gasteiger partial charge in [0.25, 0.3) is 5.91 Å². The van der Waals surface area contributed by atoms with E-state index in [1.807, 2.05) is 97.9 Å². The second-order valence-corrected chi connectivity index (χ2v) is 10.2. The highest BCUT2D eigenvalue weighted by Gasteiger charge is 2.24. The molecule has 1 aliphatic rings. The Morgan fingerprint density at radius 1 is 0.875 bits per heavy atom. The summed E-state index contributed by atoms with van der Waals surface area (Å²) < 4.78 is 0. The van der Waals surface area contributed by atoms with Crippen LogP contribution in [0.5, 0.6) is 0 Å². The van der Waals surface area contributed by atoms with E-state index in [2.05, 4.69) is 10.2 Å². The Balaban J connectivity index is 1.30. The van der Waals surface area contributed by atoms with E-state index in [1.54, 1.807) is 0 Å². The summed E-state index contributed by atoms with van der Waals surface area (Å²) >= 11 is 0. The van der Waals surface area contributed by atoms with Gasteiger partial charge in [-0.15, -0.1) is 0 Å². The topological polar surface area (TPSA) is 98.7 Å². The minimum absolute atomic E-state index is 0.122. The first-order valence-corrected chi connectivity index (χ1v) is 13.5. The summed E-state index contributed by atoms with van der Waals surface area (Å²) in [6.07, 6.45) is 2.49. The number of carboxylic acids is 1. The van der Waals surface area contributed by atoms with Gasteiger partial charge in [0.1, 0.15) is 17.5 Å². The Bertz CT molecular complexity index is 1480. The van der Waals surface area contributed by atoms with Crippen LogP contribution in [0.25, 0.3) is 11.1 Å². The van der Waals surface area contributed by atoms with Gasteiger partial charge < -0.3 is 20.2 Å². The van der Waals surface area contributed by atoms with Gasteiger partial charge in [-0.05, 0) is 53.8 Å². The molecule has 1 amide bonds. The third-order valence-corrected chi connectivity index (χ3v) is 7.00. The monoisotopic (exact) mass is 535 g/mol. The molecule has 2 N–H and O–H groups in total.